The van der Waals surface area contributed by atoms with Crippen LogP contribution in [0.25, 0.3) is 10.8 Å². The lowest BCUT2D eigenvalue weighted by atomic mass is 9.31. The summed E-state index contributed by atoms with van der Waals surface area (Å²) in [6.07, 6.45) is 11.8. The first-order valence-electron chi connectivity index (χ1n) is 14.5. The summed E-state index contributed by atoms with van der Waals surface area (Å²) in [5.41, 5.74) is 11.8. The van der Waals surface area contributed by atoms with Crippen molar-refractivity contribution in [2.45, 2.75) is 0 Å². The predicted molar refractivity (Wildman–Crippen MR) is 173 cm³/mol. The molecule has 2 aliphatic carbocycles. The number of anilines is 4. The summed E-state index contributed by atoms with van der Waals surface area (Å²) in [7, 11) is 0. The van der Waals surface area contributed by atoms with Crippen molar-refractivity contribution >= 4 is 51.2 Å². The highest BCUT2D eigenvalue weighted by molar-refractivity contribution is 6.95. The molecule has 0 spiro atoms. The molecule has 5 aromatic rings. The molecule has 4 aliphatic rings. The quantitative estimate of drug-likeness (QED) is 0.218. The van der Waals surface area contributed by atoms with Gasteiger partial charge in [0.05, 0.1) is 0 Å². The number of nitrogens with zero attached hydrogens (tertiary/aromatic N) is 2. The van der Waals surface area contributed by atoms with Crippen molar-refractivity contribution in [3.05, 3.63) is 169 Å². The fraction of sp³-hybridized carbons (Fsp3) is 0.0526. The van der Waals surface area contributed by atoms with Crippen molar-refractivity contribution in [3.63, 3.8) is 0 Å². The Kier molecular flexibility index (Phi) is 4.85. The first-order chi connectivity index (χ1) is 20.4. The van der Waals surface area contributed by atoms with Crippen LogP contribution >= 0.6 is 0 Å². The summed E-state index contributed by atoms with van der Waals surface area (Å²) in [6, 6.07) is 44.4. The monoisotopic (exact) mass is 522 g/mol. The summed E-state index contributed by atoms with van der Waals surface area (Å²) in [4.78, 5) is 5.09. The van der Waals surface area contributed by atoms with E-state index >= 15 is 0 Å². The topological polar surface area (TPSA) is 6.48 Å². The smallest absolute Gasteiger partial charge is 0.251 e. The maximum absolute atomic E-state index is 2.59. The second-order valence-electron chi connectivity index (χ2n) is 11.3. The van der Waals surface area contributed by atoms with Crippen LogP contribution in [-0.2, 0) is 0 Å². The van der Waals surface area contributed by atoms with Gasteiger partial charge in [0, 0.05) is 51.4 Å². The maximum atomic E-state index is 2.59. The van der Waals surface area contributed by atoms with E-state index in [0.717, 1.165) is 0 Å². The molecule has 0 fully saturated rings. The molecule has 2 atom stereocenters. The maximum Gasteiger partial charge on any atom is 0.251 e. The molecule has 0 saturated carbocycles. The molecule has 0 amide bonds. The van der Waals surface area contributed by atoms with Gasteiger partial charge in [-0.3, -0.25) is 0 Å². The van der Waals surface area contributed by atoms with Gasteiger partial charge in [-0.25, -0.2) is 0 Å². The second-order valence-corrected chi connectivity index (χ2v) is 11.3. The fourth-order valence-electron chi connectivity index (χ4n) is 7.52. The van der Waals surface area contributed by atoms with Gasteiger partial charge in [-0.1, -0.05) is 121 Å². The van der Waals surface area contributed by atoms with Gasteiger partial charge in [0.2, 0.25) is 0 Å². The Morgan fingerprint density at radius 2 is 1.24 bits per heavy atom. The van der Waals surface area contributed by atoms with Crippen LogP contribution in [0, 0.1) is 11.8 Å². The molecule has 0 saturated heterocycles. The average molecular weight is 522 g/mol. The molecule has 9 rings (SSSR count). The Hall–Kier alpha value is -5.02. The number of benzene rings is 5. The SMILES string of the molecule is C1=CC2C=C3C4=C(C2C=C1)N(c1ccccc1)c1c(ccc2ccccc12)B4c1ccccc1N3c1ccccc1. The molecule has 0 N–H and O–H groups in total. The lowest BCUT2D eigenvalue weighted by Gasteiger charge is -2.50. The standard InChI is InChI=1S/C38H27BN2/c1-3-15-28(16-4-1)40-34-22-12-11-21-32(34)39-33-24-23-26-13-7-9-19-30(26)37(33)41(29-17-5-2-6-18-29)38-31-20-10-8-14-27(31)25-35(40)36(38)39/h1-25,27,31H. The van der Waals surface area contributed by atoms with Crippen LogP contribution in [0.15, 0.2) is 169 Å². The van der Waals surface area contributed by atoms with Crippen molar-refractivity contribution in [2.75, 3.05) is 9.80 Å². The number of hydrogen-bond donors (Lipinski definition) is 0. The Labute approximate surface area is 240 Å². The first-order valence-corrected chi connectivity index (χ1v) is 14.5. The second kappa shape index (κ2) is 8.74. The van der Waals surface area contributed by atoms with Gasteiger partial charge in [-0.15, -0.1) is 0 Å². The normalized spacial score (nSPS) is 19.9. The van der Waals surface area contributed by atoms with Crippen LogP contribution in [0.5, 0.6) is 0 Å². The highest BCUT2D eigenvalue weighted by Crippen LogP contribution is 2.52. The average Bonchev–Trinajstić information content (AvgIpc) is 3.05. The van der Waals surface area contributed by atoms with Gasteiger partial charge in [-0.2, -0.15) is 0 Å². The number of hydrogen-bond acceptors (Lipinski definition) is 2. The van der Waals surface area contributed by atoms with E-state index in [1.807, 2.05) is 0 Å². The van der Waals surface area contributed by atoms with Crippen LogP contribution in [-0.4, -0.2) is 6.71 Å². The molecule has 3 heteroatoms. The third-order valence-electron chi connectivity index (χ3n) is 9.15. The zero-order chi connectivity index (χ0) is 26.9. The van der Waals surface area contributed by atoms with Crippen molar-refractivity contribution in [1.82, 2.24) is 0 Å². The molecular weight excluding hydrogens is 495 g/mol. The van der Waals surface area contributed by atoms with Gasteiger partial charge in [0.15, 0.2) is 0 Å². The van der Waals surface area contributed by atoms with Gasteiger partial charge in [0.1, 0.15) is 0 Å². The van der Waals surface area contributed by atoms with E-state index < -0.39 is 0 Å². The third kappa shape index (κ3) is 3.20. The van der Waals surface area contributed by atoms with E-state index in [2.05, 4.69) is 162 Å². The van der Waals surface area contributed by atoms with Crippen LogP contribution < -0.4 is 20.7 Å². The van der Waals surface area contributed by atoms with Crippen molar-refractivity contribution in [1.29, 1.82) is 0 Å². The molecule has 0 aromatic heterocycles. The van der Waals surface area contributed by atoms with Crippen LogP contribution in [0.2, 0.25) is 0 Å². The summed E-state index contributed by atoms with van der Waals surface area (Å²) < 4.78 is 0. The highest BCUT2D eigenvalue weighted by Gasteiger charge is 2.49. The summed E-state index contributed by atoms with van der Waals surface area (Å²) in [5, 5.41) is 2.57. The van der Waals surface area contributed by atoms with Crippen LogP contribution in [0.3, 0.4) is 0 Å². The fourth-order valence-corrected chi connectivity index (χ4v) is 7.52. The molecule has 0 radical (unpaired) electrons. The van der Waals surface area contributed by atoms with E-state index in [0.29, 0.717) is 0 Å². The number of rotatable bonds is 2. The lowest BCUT2D eigenvalue weighted by molar-refractivity contribution is 0.601. The van der Waals surface area contributed by atoms with Crippen LogP contribution in [0.4, 0.5) is 22.7 Å². The summed E-state index contributed by atoms with van der Waals surface area (Å²) in [5.74, 6) is 0.519. The Morgan fingerprint density at radius 3 is 2.07 bits per heavy atom. The number of para-hydroxylation sites is 3. The number of allylic oxidation sites excluding steroid dienone is 6. The zero-order valence-electron chi connectivity index (χ0n) is 22.6. The van der Waals surface area contributed by atoms with Crippen molar-refractivity contribution in [2.24, 2.45) is 11.8 Å². The molecule has 41 heavy (non-hydrogen) atoms. The molecule has 2 heterocycles. The third-order valence-corrected chi connectivity index (χ3v) is 9.15. The molecule has 192 valence electrons. The van der Waals surface area contributed by atoms with E-state index in [-0.39, 0.29) is 18.5 Å². The Morgan fingerprint density at radius 1 is 0.561 bits per heavy atom. The first kappa shape index (κ1) is 22.8. The van der Waals surface area contributed by atoms with Gasteiger partial charge < -0.3 is 9.80 Å². The molecular formula is C38H27BN2. The largest absolute Gasteiger partial charge is 0.314 e. The van der Waals surface area contributed by atoms with Gasteiger partial charge in [-0.05, 0) is 52.1 Å². The molecule has 2 unspecified atom stereocenters. The molecule has 2 aliphatic heterocycles. The Balaban J connectivity index is 1.45. The minimum atomic E-state index is 0.146. The van der Waals surface area contributed by atoms with Crippen molar-refractivity contribution in [3.8, 4) is 0 Å². The molecule has 0 bridgehead atoms. The minimum Gasteiger partial charge on any atom is -0.314 e. The number of fused-ring (bicyclic) bond motifs is 8. The predicted octanol–water partition coefficient (Wildman–Crippen LogP) is 7.80. The molecule has 2 nitrogen and oxygen atoms in total. The van der Waals surface area contributed by atoms with Crippen LogP contribution in [0.1, 0.15) is 0 Å². The van der Waals surface area contributed by atoms with E-state index in [9.17, 15) is 0 Å². The van der Waals surface area contributed by atoms with E-state index in [4.69, 9.17) is 0 Å². The minimum absolute atomic E-state index is 0.146. The molecule has 5 aromatic carbocycles. The zero-order valence-corrected chi connectivity index (χ0v) is 22.6. The highest BCUT2D eigenvalue weighted by atomic mass is 15.2. The summed E-state index contributed by atoms with van der Waals surface area (Å²) >= 11 is 0. The summed E-state index contributed by atoms with van der Waals surface area (Å²) in [6.45, 7) is 0.146. The van der Waals surface area contributed by atoms with Gasteiger partial charge >= 0.3 is 0 Å². The van der Waals surface area contributed by atoms with E-state index in [1.165, 1.54) is 61.3 Å². The Bertz CT molecular complexity index is 1970. The lowest BCUT2D eigenvalue weighted by Crippen LogP contribution is -2.58. The van der Waals surface area contributed by atoms with E-state index in [1.54, 1.807) is 0 Å². The van der Waals surface area contributed by atoms with Gasteiger partial charge in [0.25, 0.3) is 6.71 Å². The van der Waals surface area contributed by atoms with Crippen molar-refractivity contribution < 1.29 is 0 Å².